The third-order valence-corrected chi connectivity index (χ3v) is 5.65. The summed E-state index contributed by atoms with van der Waals surface area (Å²) < 4.78 is 131. The average Bonchev–Trinajstić information content (AvgIpc) is 2.91. The lowest BCUT2D eigenvalue weighted by molar-refractivity contribution is -0.173. The van der Waals surface area contributed by atoms with Crippen molar-refractivity contribution in [3.63, 3.8) is 0 Å². The van der Waals surface area contributed by atoms with E-state index in [0.29, 0.717) is 0 Å². The number of ether oxygens (including phenoxy) is 3. The van der Waals surface area contributed by atoms with E-state index in [2.05, 4.69) is 10.0 Å². The van der Waals surface area contributed by atoms with Gasteiger partial charge in [-0.15, -0.1) is 0 Å². The summed E-state index contributed by atoms with van der Waals surface area (Å²) in [5.41, 5.74) is 7.32. The Balaban J connectivity index is 3.41. The number of halogens is 9. The maximum Gasteiger partial charge on any atom is 0.471 e. The molecule has 3 amide bonds. The van der Waals surface area contributed by atoms with E-state index in [0.717, 1.165) is 0 Å². The quantitative estimate of drug-likeness (QED) is 0.0812. The van der Waals surface area contributed by atoms with Gasteiger partial charge in [-0.2, -0.15) is 39.5 Å². The fourth-order valence-electron chi connectivity index (χ4n) is 3.51. The highest BCUT2D eigenvalue weighted by molar-refractivity contribution is 5.83. The molecule has 21 heteroatoms. The number of hydrogen-bond acceptors (Lipinski definition) is 7. The van der Waals surface area contributed by atoms with Crippen LogP contribution in [-0.2, 0) is 43.5 Å². The van der Waals surface area contributed by atoms with Gasteiger partial charge in [0.05, 0.1) is 26.4 Å². The molecule has 0 atom stereocenters. The maximum atomic E-state index is 12.9. The molecule has 0 aliphatic rings. The number of alkyl halides is 9. The summed E-state index contributed by atoms with van der Waals surface area (Å²) in [6.45, 7) is -0.725. The molecule has 3 N–H and O–H groups in total. The van der Waals surface area contributed by atoms with Crippen LogP contribution in [0.4, 0.5) is 39.5 Å². The number of rotatable bonds is 16. The molecule has 0 saturated heterocycles. The average molecular weight is 654 g/mol. The Bertz CT molecular complexity index is 1160. The van der Waals surface area contributed by atoms with Gasteiger partial charge in [-0.3, -0.25) is 14.4 Å². The molecule has 44 heavy (non-hydrogen) atoms. The summed E-state index contributed by atoms with van der Waals surface area (Å²) in [5.74, 6) is -7.59. The van der Waals surface area contributed by atoms with Gasteiger partial charge in [0.25, 0.3) is 0 Å². The fourth-order valence-corrected chi connectivity index (χ4v) is 3.51. The Morgan fingerprint density at radius 3 is 1.41 bits per heavy atom. The molecule has 0 aromatic heterocycles. The molecule has 1 aromatic rings. The number of carbonyl (C=O) groups excluding carboxylic acids is 3. The molecule has 0 unspecified atom stereocenters. The van der Waals surface area contributed by atoms with Gasteiger partial charge >= 0.3 is 36.3 Å². The molecule has 0 spiro atoms. The van der Waals surface area contributed by atoms with Crippen molar-refractivity contribution in [2.24, 2.45) is 5.11 Å². The van der Waals surface area contributed by atoms with E-state index in [1.54, 1.807) is 16.0 Å². The molecule has 0 bridgehead atoms. The number of benzene rings is 1. The normalized spacial score (nSPS) is 11.9. The lowest BCUT2D eigenvalue weighted by Crippen LogP contribution is -2.38. The summed E-state index contributed by atoms with van der Waals surface area (Å²) in [6.07, 6.45) is -16.0. The van der Waals surface area contributed by atoms with Gasteiger partial charge in [0.2, 0.25) is 0 Å². The highest BCUT2D eigenvalue weighted by atomic mass is 19.4. The zero-order chi connectivity index (χ0) is 33.7. The molecule has 0 heterocycles. The van der Waals surface area contributed by atoms with Gasteiger partial charge in [-0.05, 0) is 36.1 Å². The van der Waals surface area contributed by atoms with Crippen molar-refractivity contribution in [3.05, 3.63) is 38.3 Å². The number of carbonyl (C=O) groups is 3. The Morgan fingerprint density at radius 1 is 0.659 bits per heavy atom. The molecule has 0 radical (unpaired) electrons. The first kappa shape index (κ1) is 38.1. The second-order valence-corrected chi connectivity index (χ2v) is 8.58. The summed E-state index contributed by atoms with van der Waals surface area (Å²) in [6, 6.07) is 0. The smallest absolute Gasteiger partial charge is 0.471 e. The van der Waals surface area contributed by atoms with E-state index < -0.39 is 55.9 Å². The zero-order valence-electron chi connectivity index (χ0n) is 23.1. The molecule has 248 valence electrons. The Hall–Kier alpha value is -3.97. The van der Waals surface area contributed by atoms with Gasteiger partial charge in [-0.1, -0.05) is 5.11 Å². The van der Waals surface area contributed by atoms with Crippen LogP contribution in [0.1, 0.15) is 27.8 Å². The predicted octanol–water partition coefficient (Wildman–Crippen LogP) is 3.56. The highest BCUT2D eigenvalue weighted by Crippen LogP contribution is 2.35. The first-order valence-corrected chi connectivity index (χ1v) is 12.3. The number of hydrogen-bond donors (Lipinski definition) is 3. The molecule has 12 nitrogen and oxygen atoms in total. The molecule has 1 rings (SSSR count). The van der Waals surface area contributed by atoms with Crippen molar-refractivity contribution < 1.29 is 68.1 Å². The van der Waals surface area contributed by atoms with Crippen molar-refractivity contribution in [2.45, 2.75) is 52.0 Å². The first-order valence-electron chi connectivity index (χ1n) is 12.3. The zero-order valence-corrected chi connectivity index (χ0v) is 23.1. The van der Waals surface area contributed by atoms with Crippen LogP contribution in [0.2, 0.25) is 0 Å². The van der Waals surface area contributed by atoms with E-state index in [1.165, 1.54) is 13.8 Å². The standard InChI is InChI=1S/C23H27F9N6O6/c1-12-14(9-34-18(39)21(24,25)26)13(2)16(11-36-20(41)23(30,31)32)17(15(12)10-35-19(40)22(27,28)29)44-8-7-43-6-5-42-4-3-37-38-33/h3-11H2,1-2H3,(H,34,39)(H,35,40)(H,36,41). The lowest BCUT2D eigenvalue weighted by atomic mass is 9.91. The summed E-state index contributed by atoms with van der Waals surface area (Å²) >= 11 is 0. The second kappa shape index (κ2) is 16.8. The Morgan fingerprint density at radius 2 is 1.02 bits per heavy atom. The molecule has 0 saturated carbocycles. The monoisotopic (exact) mass is 654 g/mol. The van der Waals surface area contributed by atoms with E-state index >= 15 is 0 Å². The van der Waals surface area contributed by atoms with Crippen LogP contribution >= 0.6 is 0 Å². The summed E-state index contributed by atoms with van der Waals surface area (Å²) in [5, 5.41) is 7.92. The largest absolute Gasteiger partial charge is 0.490 e. The van der Waals surface area contributed by atoms with E-state index in [1.807, 2.05) is 0 Å². The van der Waals surface area contributed by atoms with Crippen LogP contribution in [0.3, 0.4) is 0 Å². The molecular formula is C23H27F9N6O6. The van der Waals surface area contributed by atoms with Crippen LogP contribution < -0.4 is 20.7 Å². The fraction of sp³-hybridized carbons (Fsp3) is 0.609. The Labute approximate surface area is 243 Å². The van der Waals surface area contributed by atoms with Crippen LogP contribution in [0, 0.1) is 13.8 Å². The SMILES string of the molecule is Cc1c(CNC(=O)C(F)(F)F)c(C)c(CNC(=O)C(F)(F)F)c(OCCOCCOCCN=[N+]=[N-])c1CNC(=O)C(F)(F)F. The van der Waals surface area contributed by atoms with Crippen LogP contribution in [0.15, 0.2) is 5.11 Å². The topological polar surface area (TPSA) is 164 Å². The number of nitrogens with one attached hydrogen (secondary N) is 3. The van der Waals surface area contributed by atoms with Crippen molar-refractivity contribution in [3.8, 4) is 5.75 Å². The van der Waals surface area contributed by atoms with E-state index in [9.17, 15) is 53.9 Å². The summed E-state index contributed by atoms with van der Waals surface area (Å²) in [7, 11) is 0. The van der Waals surface area contributed by atoms with E-state index in [-0.39, 0.29) is 73.1 Å². The van der Waals surface area contributed by atoms with Gasteiger partial charge in [0.15, 0.2) is 0 Å². The minimum absolute atomic E-state index is 0.00147. The van der Waals surface area contributed by atoms with Gasteiger partial charge in [0, 0.05) is 42.2 Å². The number of nitrogens with zero attached hydrogens (tertiary/aromatic N) is 3. The molecule has 0 aliphatic heterocycles. The van der Waals surface area contributed by atoms with Crippen LogP contribution in [0.5, 0.6) is 5.75 Å². The Kier molecular flexibility index (Phi) is 14.5. The highest BCUT2D eigenvalue weighted by Gasteiger charge is 2.40. The number of azide groups is 1. The minimum Gasteiger partial charge on any atom is -0.490 e. The third kappa shape index (κ3) is 12.3. The molecule has 1 aromatic carbocycles. The van der Waals surface area contributed by atoms with Crippen molar-refractivity contribution in [1.29, 1.82) is 0 Å². The van der Waals surface area contributed by atoms with Crippen LogP contribution in [-0.4, -0.2) is 75.8 Å². The minimum atomic E-state index is -5.34. The second-order valence-electron chi connectivity index (χ2n) is 8.58. The van der Waals surface area contributed by atoms with Gasteiger partial charge < -0.3 is 30.2 Å². The van der Waals surface area contributed by atoms with Crippen molar-refractivity contribution >= 4 is 17.7 Å². The number of amides is 3. The third-order valence-electron chi connectivity index (χ3n) is 5.65. The van der Waals surface area contributed by atoms with Gasteiger partial charge in [-0.25, -0.2) is 0 Å². The summed E-state index contributed by atoms with van der Waals surface area (Å²) in [4.78, 5) is 36.9. The molecular weight excluding hydrogens is 627 g/mol. The van der Waals surface area contributed by atoms with Crippen molar-refractivity contribution in [1.82, 2.24) is 16.0 Å². The van der Waals surface area contributed by atoms with Crippen molar-refractivity contribution in [2.75, 3.05) is 39.6 Å². The lowest BCUT2D eigenvalue weighted by Gasteiger charge is -2.25. The first-order chi connectivity index (χ1) is 20.3. The van der Waals surface area contributed by atoms with E-state index in [4.69, 9.17) is 19.7 Å². The van der Waals surface area contributed by atoms with Gasteiger partial charge in [0.1, 0.15) is 12.4 Å². The molecule has 0 aliphatic carbocycles. The van der Waals surface area contributed by atoms with Crippen LogP contribution in [0.25, 0.3) is 10.4 Å². The predicted molar refractivity (Wildman–Crippen MR) is 131 cm³/mol. The maximum absolute atomic E-state index is 12.9. The molecule has 0 fully saturated rings.